The van der Waals surface area contributed by atoms with Crippen LogP contribution in [0.5, 0.6) is 0 Å². The molecule has 0 saturated carbocycles. The second kappa shape index (κ2) is 13.4. The highest BCUT2D eigenvalue weighted by molar-refractivity contribution is 5.46. The van der Waals surface area contributed by atoms with Crippen molar-refractivity contribution < 1.29 is 0 Å². The monoisotopic (exact) mass is 522 g/mol. The van der Waals surface area contributed by atoms with Crippen LogP contribution in [0.1, 0.15) is 25.7 Å². The van der Waals surface area contributed by atoms with Crippen molar-refractivity contribution in [3.05, 3.63) is 168 Å². The van der Waals surface area contributed by atoms with Crippen molar-refractivity contribution in [3.8, 4) is 0 Å². The van der Waals surface area contributed by atoms with Crippen molar-refractivity contribution >= 4 is 12.2 Å². The number of allylic oxidation sites excluding steroid dienone is 19. The molecule has 40 heavy (non-hydrogen) atoms. The molecule has 0 radical (unpaired) electrons. The minimum Gasteiger partial charge on any atom is -0.103 e. The smallest absolute Gasteiger partial charge is 0.0114 e. The molecule has 0 nitrogen and oxygen atoms in total. The van der Waals surface area contributed by atoms with Crippen LogP contribution in [0.2, 0.25) is 0 Å². The highest BCUT2D eigenvalue weighted by atomic mass is 14.3. The van der Waals surface area contributed by atoms with Crippen LogP contribution in [-0.4, -0.2) is 0 Å². The zero-order valence-electron chi connectivity index (χ0n) is 23.6. The first-order valence-electron chi connectivity index (χ1n) is 14.8. The van der Waals surface area contributed by atoms with Gasteiger partial charge in [0.1, 0.15) is 0 Å². The van der Waals surface area contributed by atoms with Gasteiger partial charge in [0.05, 0.1) is 0 Å². The molecule has 5 rings (SSSR count). The maximum absolute atomic E-state index is 4.25. The fourth-order valence-electron chi connectivity index (χ4n) is 6.74. The summed E-state index contributed by atoms with van der Waals surface area (Å²) >= 11 is 0. The van der Waals surface area contributed by atoms with Gasteiger partial charge in [-0.1, -0.05) is 151 Å². The van der Waals surface area contributed by atoms with Gasteiger partial charge in [0.15, 0.2) is 0 Å². The summed E-state index contributed by atoms with van der Waals surface area (Å²) in [6, 6.07) is 8.75. The third kappa shape index (κ3) is 6.28. The molecule has 0 N–H and O–H groups in total. The molecule has 1 aromatic carbocycles. The Labute approximate surface area is 241 Å². The quantitative estimate of drug-likeness (QED) is 0.201. The van der Waals surface area contributed by atoms with Crippen LogP contribution in [-0.2, 0) is 0 Å². The van der Waals surface area contributed by atoms with E-state index in [4.69, 9.17) is 0 Å². The predicted octanol–water partition coefficient (Wildman–Crippen LogP) is 8.68. The Morgan fingerprint density at radius 2 is 1.60 bits per heavy atom. The van der Waals surface area contributed by atoms with Crippen molar-refractivity contribution in [2.45, 2.75) is 25.7 Å². The van der Waals surface area contributed by atoms with Gasteiger partial charge in [-0.15, -0.1) is 13.2 Å². The van der Waals surface area contributed by atoms with Crippen LogP contribution >= 0.6 is 0 Å². The fourth-order valence-corrected chi connectivity index (χ4v) is 6.74. The largest absolute Gasteiger partial charge is 0.103 e. The number of hydrogen-bond donors (Lipinski definition) is 0. The van der Waals surface area contributed by atoms with Crippen LogP contribution < -0.4 is 10.4 Å². The molecular formula is C40H42. The van der Waals surface area contributed by atoms with E-state index in [-0.39, 0.29) is 0 Å². The van der Waals surface area contributed by atoms with Crippen molar-refractivity contribution in [3.63, 3.8) is 0 Å². The van der Waals surface area contributed by atoms with Crippen LogP contribution in [0.3, 0.4) is 0 Å². The Kier molecular flexibility index (Phi) is 9.30. The standard InChI is InChI=1S/C40H42/c1-4-7-8-9-19-39(37-26-20-31-15-10-12-17-35(31)28-37)33-22-24-34(25-23-33)40(30(6-3)14-5-2)38-27-21-32-16-11-13-18-36(32)29-38/h4-13,15-22,24,27-30,32,36-37,39-40H,1-3,14,23,25-26H2. The summed E-state index contributed by atoms with van der Waals surface area (Å²) in [6.07, 6.45) is 44.9. The Bertz CT molecular complexity index is 1470. The summed E-state index contributed by atoms with van der Waals surface area (Å²) in [5, 5.41) is 2.71. The molecule has 6 unspecified atom stereocenters. The van der Waals surface area contributed by atoms with Crippen LogP contribution in [0.15, 0.2) is 158 Å². The number of hydrogen-bond acceptors (Lipinski definition) is 0. The molecule has 0 aliphatic heterocycles. The van der Waals surface area contributed by atoms with Gasteiger partial charge in [0.2, 0.25) is 0 Å². The molecule has 4 aliphatic carbocycles. The summed E-state index contributed by atoms with van der Waals surface area (Å²) in [7, 11) is 0. The summed E-state index contributed by atoms with van der Waals surface area (Å²) in [5.74, 6) is 2.40. The van der Waals surface area contributed by atoms with E-state index in [0.29, 0.717) is 35.5 Å². The second-order valence-corrected chi connectivity index (χ2v) is 11.3. The second-order valence-electron chi connectivity index (χ2n) is 11.3. The fraction of sp³-hybridized carbons (Fsp3) is 0.250. The summed E-state index contributed by atoms with van der Waals surface area (Å²) in [5.41, 5.74) is 4.46. The first kappa shape index (κ1) is 27.7. The molecule has 0 spiro atoms. The molecule has 0 saturated heterocycles. The lowest BCUT2D eigenvalue weighted by atomic mass is 9.70. The van der Waals surface area contributed by atoms with E-state index in [1.807, 2.05) is 18.2 Å². The van der Waals surface area contributed by atoms with Gasteiger partial charge in [-0.05, 0) is 53.5 Å². The minimum absolute atomic E-state index is 0.329. The van der Waals surface area contributed by atoms with E-state index < -0.39 is 0 Å². The molecule has 1 aromatic rings. The molecule has 6 atom stereocenters. The highest BCUT2D eigenvalue weighted by Gasteiger charge is 2.30. The molecule has 0 heteroatoms. The third-order valence-corrected chi connectivity index (χ3v) is 8.83. The number of benzene rings is 1. The Morgan fingerprint density at radius 3 is 2.35 bits per heavy atom. The third-order valence-electron chi connectivity index (χ3n) is 8.83. The first-order chi connectivity index (χ1) is 19.7. The minimum atomic E-state index is 0.329. The SMILES string of the molecule is C=CC=CC=CC(C1=CC=C(C(C2=CC3C=CC=CC3C=C2)C(C=C)CC=C)CC1)C1C=c2ccccc2=CC1. The van der Waals surface area contributed by atoms with Gasteiger partial charge >= 0.3 is 0 Å². The Morgan fingerprint density at radius 1 is 0.825 bits per heavy atom. The summed E-state index contributed by atoms with van der Waals surface area (Å²) < 4.78 is 0. The van der Waals surface area contributed by atoms with Crippen molar-refractivity contribution in [2.24, 2.45) is 35.5 Å². The van der Waals surface area contributed by atoms with Crippen molar-refractivity contribution in [1.29, 1.82) is 0 Å². The van der Waals surface area contributed by atoms with Crippen molar-refractivity contribution in [2.75, 3.05) is 0 Å². The molecule has 0 heterocycles. The zero-order chi connectivity index (χ0) is 27.7. The maximum atomic E-state index is 4.25. The van der Waals surface area contributed by atoms with Crippen LogP contribution in [0.25, 0.3) is 12.2 Å². The topological polar surface area (TPSA) is 0 Å². The lowest BCUT2D eigenvalue weighted by Crippen LogP contribution is -2.31. The van der Waals surface area contributed by atoms with E-state index in [1.54, 1.807) is 0 Å². The molecule has 0 aromatic heterocycles. The van der Waals surface area contributed by atoms with Gasteiger partial charge < -0.3 is 0 Å². The molecule has 0 bridgehead atoms. The van der Waals surface area contributed by atoms with Gasteiger partial charge in [-0.3, -0.25) is 0 Å². The average Bonchev–Trinajstić information content (AvgIpc) is 3.01. The summed E-state index contributed by atoms with van der Waals surface area (Å²) in [6.45, 7) is 12.1. The lowest BCUT2D eigenvalue weighted by molar-refractivity contribution is 0.488. The molecule has 202 valence electrons. The highest BCUT2D eigenvalue weighted by Crippen LogP contribution is 2.42. The summed E-state index contributed by atoms with van der Waals surface area (Å²) in [4.78, 5) is 0. The van der Waals surface area contributed by atoms with Crippen LogP contribution in [0, 0.1) is 35.5 Å². The average molecular weight is 523 g/mol. The molecule has 0 amide bonds. The normalized spacial score (nSPS) is 25.4. The lowest BCUT2D eigenvalue weighted by Gasteiger charge is -2.34. The van der Waals surface area contributed by atoms with E-state index in [9.17, 15) is 0 Å². The van der Waals surface area contributed by atoms with E-state index >= 15 is 0 Å². The predicted molar refractivity (Wildman–Crippen MR) is 175 cm³/mol. The van der Waals surface area contributed by atoms with E-state index in [1.165, 1.54) is 27.2 Å². The maximum Gasteiger partial charge on any atom is 0.0114 e. The Hall–Kier alpha value is -3.90. The van der Waals surface area contributed by atoms with Gasteiger partial charge in [-0.2, -0.15) is 0 Å². The Balaban J connectivity index is 1.48. The van der Waals surface area contributed by atoms with Gasteiger partial charge in [0.25, 0.3) is 0 Å². The number of fused-ring (bicyclic) bond motifs is 2. The number of rotatable bonds is 11. The van der Waals surface area contributed by atoms with Gasteiger partial charge in [0, 0.05) is 23.7 Å². The van der Waals surface area contributed by atoms with Gasteiger partial charge in [-0.25, -0.2) is 0 Å². The zero-order valence-corrected chi connectivity index (χ0v) is 23.6. The van der Waals surface area contributed by atoms with E-state index in [2.05, 4.69) is 135 Å². The van der Waals surface area contributed by atoms with Crippen molar-refractivity contribution in [1.82, 2.24) is 0 Å². The van der Waals surface area contributed by atoms with Crippen LogP contribution in [0.4, 0.5) is 0 Å². The molecule has 0 fully saturated rings. The first-order valence-corrected chi connectivity index (χ1v) is 14.8. The molecular weight excluding hydrogens is 480 g/mol. The van der Waals surface area contributed by atoms with E-state index in [0.717, 1.165) is 25.7 Å². The molecule has 4 aliphatic rings.